The molecule has 1 aromatic rings. The van der Waals surface area contributed by atoms with Crippen molar-refractivity contribution in [1.29, 1.82) is 5.26 Å². The van der Waals surface area contributed by atoms with Crippen molar-refractivity contribution in [2.45, 2.75) is 25.4 Å². The lowest BCUT2D eigenvalue weighted by Crippen LogP contribution is -2.26. The summed E-state index contributed by atoms with van der Waals surface area (Å²) in [6.45, 7) is -1.36. The maximum Gasteiger partial charge on any atom is 0.408 e. The minimum absolute atomic E-state index is 0.245. The Morgan fingerprint density at radius 2 is 2.27 bits per heavy atom. The molecule has 0 atom stereocenters. The first kappa shape index (κ1) is 17.4. The van der Waals surface area contributed by atoms with Crippen LogP contribution in [0, 0.1) is 11.3 Å². The summed E-state index contributed by atoms with van der Waals surface area (Å²) >= 11 is 0. The van der Waals surface area contributed by atoms with E-state index in [-0.39, 0.29) is 11.8 Å². The van der Waals surface area contributed by atoms with E-state index in [1.807, 2.05) is 12.1 Å². The molecule has 0 fully saturated rings. The van der Waals surface area contributed by atoms with E-state index in [0.29, 0.717) is 18.7 Å². The number of nitriles is 1. The predicted octanol–water partition coefficient (Wildman–Crippen LogP) is 2.47. The molecule has 1 heterocycles. The maximum atomic E-state index is 12.0. The Morgan fingerprint density at radius 3 is 2.95 bits per heavy atom. The summed E-state index contributed by atoms with van der Waals surface area (Å²) in [6.07, 6.45) is 2.44. The molecule has 118 valence electrons. The van der Waals surface area contributed by atoms with E-state index in [9.17, 15) is 13.2 Å². The average Bonchev–Trinajstić information content (AvgIpc) is 2.45. The van der Waals surface area contributed by atoms with Gasteiger partial charge in [-0.2, -0.15) is 18.4 Å². The number of halogens is 3. The van der Waals surface area contributed by atoms with Crippen LogP contribution in [0.3, 0.4) is 0 Å². The van der Waals surface area contributed by atoms with Crippen molar-refractivity contribution >= 4 is 17.9 Å². The maximum absolute atomic E-state index is 12.0. The zero-order valence-electron chi connectivity index (χ0n) is 11.6. The first-order chi connectivity index (χ1) is 10.4. The summed E-state index contributed by atoms with van der Waals surface area (Å²) < 4.78 is 36.0. The third-order valence-electron chi connectivity index (χ3n) is 2.29. The minimum Gasteiger partial charge on any atom is -0.370 e. The Labute approximate surface area is 125 Å². The third kappa shape index (κ3) is 7.84. The SMILES string of the molecule is N#CCCCC=Cc1nccc(NC(N)=NCC(F)(F)F)n1. The van der Waals surface area contributed by atoms with Crippen LogP contribution in [0.4, 0.5) is 19.0 Å². The van der Waals surface area contributed by atoms with Crippen LogP contribution in [0.2, 0.25) is 0 Å². The molecule has 9 heteroatoms. The van der Waals surface area contributed by atoms with Crippen molar-refractivity contribution in [3.05, 3.63) is 24.2 Å². The van der Waals surface area contributed by atoms with E-state index in [2.05, 4.69) is 20.3 Å². The van der Waals surface area contributed by atoms with Gasteiger partial charge < -0.3 is 11.1 Å². The van der Waals surface area contributed by atoms with E-state index in [1.165, 1.54) is 12.3 Å². The number of rotatable bonds is 6. The number of alkyl halides is 3. The Bertz CT molecular complexity index is 574. The molecule has 0 aliphatic rings. The van der Waals surface area contributed by atoms with E-state index in [1.54, 1.807) is 6.08 Å². The number of hydrogen-bond acceptors (Lipinski definition) is 4. The monoisotopic (exact) mass is 312 g/mol. The number of aromatic nitrogens is 2. The van der Waals surface area contributed by atoms with E-state index < -0.39 is 12.7 Å². The van der Waals surface area contributed by atoms with Gasteiger partial charge in [0.05, 0.1) is 6.07 Å². The Balaban J connectivity index is 2.59. The quantitative estimate of drug-likeness (QED) is 0.477. The summed E-state index contributed by atoms with van der Waals surface area (Å²) in [5.41, 5.74) is 5.35. The fraction of sp³-hybridized carbons (Fsp3) is 0.385. The molecule has 0 aromatic carbocycles. The number of aliphatic imine (C=N–C) groups is 1. The highest BCUT2D eigenvalue weighted by atomic mass is 19.4. The summed E-state index contributed by atoms with van der Waals surface area (Å²) in [6, 6.07) is 3.50. The first-order valence-corrected chi connectivity index (χ1v) is 6.41. The molecule has 1 aromatic heterocycles. The fourth-order valence-corrected chi connectivity index (χ4v) is 1.36. The number of anilines is 1. The zero-order valence-corrected chi connectivity index (χ0v) is 11.6. The largest absolute Gasteiger partial charge is 0.408 e. The van der Waals surface area contributed by atoms with Crippen molar-refractivity contribution in [2.24, 2.45) is 10.7 Å². The Kier molecular flexibility index (Phi) is 6.82. The molecule has 0 spiro atoms. The number of nitrogens with one attached hydrogen (secondary N) is 1. The normalized spacial score (nSPS) is 12.4. The minimum atomic E-state index is -4.41. The number of nitrogens with two attached hydrogens (primary N) is 1. The number of unbranched alkanes of at least 4 members (excludes halogenated alkanes) is 2. The molecule has 6 nitrogen and oxygen atoms in total. The van der Waals surface area contributed by atoms with Crippen LogP contribution in [-0.4, -0.2) is 28.6 Å². The molecule has 0 saturated heterocycles. The van der Waals surface area contributed by atoms with Crippen LogP contribution >= 0.6 is 0 Å². The molecule has 3 N–H and O–H groups in total. The summed E-state index contributed by atoms with van der Waals surface area (Å²) in [7, 11) is 0. The van der Waals surface area contributed by atoms with Gasteiger partial charge in [0.2, 0.25) is 0 Å². The molecular formula is C13H15F3N6. The lowest BCUT2D eigenvalue weighted by molar-refractivity contribution is -0.118. The summed E-state index contributed by atoms with van der Waals surface area (Å²) in [5, 5.41) is 10.9. The molecule has 22 heavy (non-hydrogen) atoms. The second-order valence-electron chi connectivity index (χ2n) is 4.19. The van der Waals surface area contributed by atoms with Crippen molar-refractivity contribution < 1.29 is 13.2 Å². The molecule has 0 radical (unpaired) electrons. The molecule has 0 bridgehead atoms. The fourth-order valence-electron chi connectivity index (χ4n) is 1.36. The Morgan fingerprint density at radius 1 is 1.50 bits per heavy atom. The zero-order chi connectivity index (χ0) is 16.4. The molecule has 0 aliphatic carbocycles. The number of guanidine groups is 1. The number of nitrogens with zero attached hydrogens (tertiary/aromatic N) is 4. The van der Waals surface area contributed by atoms with Crippen molar-refractivity contribution in [2.75, 3.05) is 11.9 Å². The van der Waals surface area contributed by atoms with Crippen LogP contribution in [0.1, 0.15) is 25.1 Å². The molecule has 0 amide bonds. The van der Waals surface area contributed by atoms with E-state index >= 15 is 0 Å². The number of allylic oxidation sites excluding steroid dienone is 1. The lowest BCUT2D eigenvalue weighted by atomic mass is 10.2. The second kappa shape index (κ2) is 8.61. The molecule has 0 saturated carbocycles. The van der Waals surface area contributed by atoms with Gasteiger partial charge >= 0.3 is 6.18 Å². The van der Waals surface area contributed by atoms with Crippen molar-refractivity contribution in [3.8, 4) is 6.07 Å². The van der Waals surface area contributed by atoms with Gasteiger partial charge in [-0.05, 0) is 25.0 Å². The van der Waals surface area contributed by atoms with E-state index in [0.717, 1.165) is 6.42 Å². The third-order valence-corrected chi connectivity index (χ3v) is 2.29. The second-order valence-corrected chi connectivity index (χ2v) is 4.19. The average molecular weight is 312 g/mol. The van der Waals surface area contributed by atoms with Gasteiger partial charge in [0.15, 0.2) is 11.8 Å². The van der Waals surface area contributed by atoms with E-state index in [4.69, 9.17) is 11.0 Å². The van der Waals surface area contributed by atoms with Gasteiger partial charge in [0.1, 0.15) is 12.4 Å². The number of hydrogen-bond donors (Lipinski definition) is 2. The summed E-state index contributed by atoms with van der Waals surface area (Å²) in [5.74, 6) is 0.251. The first-order valence-electron chi connectivity index (χ1n) is 6.41. The van der Waals surface area contributed by atoms with Gasteiger partial charge in [0, 0.05) is 12.6 Å². The van der Waals surface area contributed by atoms with Gasteiger partial charge in [-0.15, -0.1) is 0 Å². The van der Waals surface area contributed by atoms with Crippen LogP contribution in [-0.2, 0) is 0 Å². The molecular weight excluding hydrogens is 297 g/mol. The topological polar surface area (TPSA) is 100.0 Å². The predicted molar refractivity (Wildman–Crippen MR) is 76.7 cm³/mol. The standard InChI is InChI=1S/C13H15F3N6/c14-13(15,16)9-20-12(18)22-11-6-8-19-10(21-11)5-3-1-2-4-7-17/h3,5-6,8H,1-2,4,9H2,(H3,18,19,20,21,22). The van der Waals surface area contributed by atoms with Crippen LogP contribution < -0.4 is 11.1 Å². The van der Waals surface area contributed by atoms with Crippen molar-refractivity contribution in [1.82, 2.24) is 9.97 Å². The highest BCUT2D eigenvalue weighted by Crippen LogP contribution is 2.14. The highest BCUT2D eigenvalue weighted by Gasteiger charge is 2.26. The molecule has 0 unspecified atom stereocenters. The van der Waals surface area contributed by atoms with Crippen LogP contribution in [0.15, 0.2) is 23.3 Å². The van der Waals surface area contributed by atoms with Gasteiger partial charge in [0.25, 0.3) is 0 Å². The van der Waals surface area contributed by atoms with Gasteiger partial charge in [-0.25, -0.2) is 15.0 Å². The van der Waals surface area contributed by atoms with Crippen LogP contribution in [0.5, 0.6) is 0 Å². The molecule has 0 aliphatic heterocycles. The molecule has 1 rings (SSSR count). The summed E-state index contributed by atoms with van der Waals surface area (Å²) in [4.78, 5) is 11.2. The Hall–Kier alpha value is -2.63. The van der Waals surface area contributed by atoms with Gasteiger partial charge in [-0.1, -0.05) is 6.08 Å². The smallest absolute Gasteiger partial charge is 0.370 e. The van der Waals surface area contributed by atoms with Crippen molar-refractivity contribution in [3.63, 3.8) is 0 Å². The van der Waals surface area contributed by atoms with Crippen LogP contribution in [0.25, 0.3) is 6.08 Å². The lowest BCUT2D eigenvalue weighted by Gasteiger charge is -2.06. The highest BCUT2D eigenvalue weighted by molar-refractivity contribution is 5.91. The van der Waals surface area contributed by atoms with Gasteiger partial charge in [-0.3, -0.25) is 0 Å².